The van der Waals surface area contributed by atoms with Crippen molar-refractivity contribution in [1.29, 1.82) is 0 Å². The number of aromatic nitrogens is 2. The van der Waals surface area contributed by atoms with Crippen LogP contribution in [0.3, 0.4) is 0 Å². The van der Waals surface area contributed by atoms with Crippen LogP contribution in [0.15, 0.2) is 17.3 Å². The van der Waals surface area contributed by atoms with E-state index in [9.17, 15) is 4.79 Å². The number of aliphatic imine (C=N–C) groups is 1. The molecular weight excluding hydrogens is 156 g/mol. The molecule has 1 unspecified atom stereocenters. The maximum atomic E-state index is 10.8. The van der Waals surface area contributed by atoms with Crippen LogP contribution >= 0.6 is 0 Å². The number of carbonyl (C=O) groups excluding carboxylic acids is 1. The molecular formula is C7H8N4O. The lowest BCUT2D eigenvalue weighted by atomic mass is 10.1. The summed E-state index contributed by atoms with van der Waals surface area (Å²) in [7, 11) is 0. The van der Waals surface area contributed by atoms with Crippen LogP contribution in [-0.4, -0.2) is 21.9 Å². The fourth-order valence-corrected chi connectivity index (χ4v) is 1.14. The zero-order valence-corrected chi connectivity index (χ0v) is 6.34. The first-order valence-electron chi connectivity index (χ1n) is 3.62. The number of hydrogen-bond donors (Lipinski definition) is 1. The van der Waals surface area contributed by atoms with E-state index in [4.69, 9.17) is 5.73 Å². The number of nitrogens with two attached hydrogens (primary N) is 1. The number of carbonyl (C=O) groups is 1. The number of amides is 1. The largest absolute Gasteiger partial charge is 0.369 e. The molecule has 0 aromatic carbocycles. The van der Waals surface area contributed by atoms with Gasteiger partial charge in [0.15, 0.2) is 0 Å². The molecule has 0 aliphatic carbocycles. The van der Waals surface area contributed by atoms with E-state index in [1.165, 1.54) is 0 Å². The van der Waals surface area contributed by atoms with E-state index in [2.05, 4.69) is 10.1 Å². The second-order valence-electron chi connectivity index (χ2n) is 2.66. The molecule has 1 aromatic heterocycles. The highest BCUT2D eigenvalue weighted by atomic mass is 16.1. The molecule has 1 amide bonds. The van der Waals surface area contributed by atoms with Crippen molar-refractivity contribution in [2.45, 2.75) is 6.54 Å². The molecule has 1 aliphatic rings. The molecule has 0 spiro atoms. The average Bonchev–Trinajstić information content (AvgIpc) is 2.49. The summed E-state index contributed by atoms with van der Waals surface area (Å²) in [6.45, 7) is 0.501. The van der Waals surface area contributed by atoms with E-state index in [0.717, 1.165) is 5.82 Å². The Morgan fingerprint density at radius 3 is 3.33 bits per heavy atom. The van der Waals surface area contributed by atoms with Crippen molar-refractivity contribution < 1.29 is 4.79 Å². The zero-order chi connectivity index (χ0) is 8.55. The monoisotopic (exact) mass is 164 g/mol. The van der Waals surface area contributed by atoms with Gasteiger partial charge in [0, 0.05) is 12.3 Å². The highest BCUT2D eigenvalue weighted by Gasteiger charge is 2.18. The maximum absolute atomic E-state index is 10.8. The Bertz CT molecular complexity index is 341. The van der Waals surface area contributed by atoms with Crippen LogP contribution in [-0.2, 0) is 11.3 Å². The second-order valence-corrected chi connectivity index (χ2v) is 2.66. The fraction of sp³-hybridized carbons (Fsp3) is 0.286. The summed E-state index contributed by atoms with van der Waals surface area (Å²) in [6, 6.07) is 1.79. The number of hydrogen-bond acceptors (Lipinski definition) is 3. The second kappa shape index (κ2) is 2.44. The van der Waals surface area contributed by atoms with Gasteiger partial charge in [-0.3, -0.25) is 4.79 Å². The van der Waals surface area contributed by atoms with Gasteiger partial charge in [0.2, 0.25) is 5.91 Å². The number of fused-ring (bicyclic) bond motifs is 1. The van der Waals surface area contributed by atoms with E-state index in [1.54, 1.807) is 23.2 Å². The molecule has 0 bridgehead atoms. The van der Waals surface area contributed by atoms with Crippen LogP contribution in [0.4, 0.5) is 5.82 Å². The van der Waals surface area contributed by atoms with Crippen LogP contribution in [0.25, 0.3) is 0 Å². The SMILES string of the molecule is NC(=O)C1C=Nc2ccnn2C1. The molecule has 5 nitrogen and oxygen atoms in total. The van der Waals surface area contributed by atoms with Crippen LogP contribution in [0.5, 0.6) is 0 Å². The van der Waals surface area contributed by atoms with Gasteiger partial charge in [-0.25, -0.2) is 9.67 Å². The average molecular weight is 164 g/mol. The van der Waals surface area contributed by atoms with Crippen molar-refractivity contribution in [3.05, 3.63) is 12.3 Å². The standard InChI is InChI=1S/C7H8N4O/c8-7(12)5-3-9-6-1-2-10-11(6)4-5/h1-3,5H,4H2,(H2,8,12). The lowest BCUT2D eigenvalue weighted by Crippen LogP contribution is -2.30. The Balaban J connectivity index is 2.30. The van der Waals surface area contributed by atoms with Gasteiger partial charge in [-0.05, 0) is 0 Å². The number of rotatable bonds is 1. The third-order valence-electron chi connectivity index (χ3n) is 1.82. The lowest BCUT2D eigenvalue weighted by molar-refractivity contribution is -0.120. The molecule has 1 atom stereocenters. The molecule has 0 radical (unpaired) electrons. The summed E-state index contributed by atoms with van der Waals surface area (Å²) >= 11 is 0. The predicted molar refractivity (Wildman–Crippen MR) is 43.1 cm³/mol. The topological polar surface area (TPSA) is 73.3 Å². The molecule has 0 fully saturated rings. The number of nitrogens with zero attached hydrogens (tertiary/aromatic N) is 3. The molecule has 0 saturated heterocycles. The normalized spacial score (nSPS) is 20.5. The highest BCUT2D eigenvalue weighted by molar-refractivity contribution is 5.93. The molecule has 5 heteroatoms. The summed E-state index contributed by atoms with van der Waals surface area (Å²) in [4.78, 5) is 14.8. The molecule has 12 heavy (non-hydrogen) atoms. The minimum Gasteiger partial charge on any atom is -0.369 e. The first-order valence-corrected chi connectivity index (χ1v) is 3.62. The van der Waals surface area contributed by atoms with Gasteiger partial charge in [0.1, 0.15) is 5.82 Å². The van der Waals surface area contributed by atoms with Crippen LogP contribution in [0, 0.1) is 5.92 Å². The van der Waals surface area contributed by atoms with Gasteiger partial charge >= 0.3 is 0 Å². The summed E-state index contributed by atoms with van der Waals surface area (Å²) in [5.74, 6) is 0.0878. The zero-order valence-electron chi connectivity index (χ0n) is 6.34. The van der Waals surface area contributed by atoms with Crippen molar-refractivity contribution in [3.8, 4) is 0 Å². The predicted octanol–water partition coefficient (Wildman–Crippen LogP) is -0.300. The first kappa shape index (κ1) is 7.02. The Kier molecular flexibility index (Phi) is 1.43. The quantitative estimate of drug-likeness (QED) is 0.618. The Morgan fingerprint density at radius 2 is 2.58 bits per heavy atom. The fourth-order valence-electron chi connectivity index (χ4n) is 1.14. The van der Waals surface area contributed by atoms with Gasteiger partial charge in [-0.15, -0.1) is 0 Å². The van der Waals surface area contributed by atoms with Gasteiger partial charge in [0.25, 0.3) is 0 Å². The summed E-state index contributed by atoms with van der Waals surface area (Å²) in [5.41, 5.74) is 5.12. The van der Waals surface area contributed by atoms with Crippen LogP contribution in [0.2, 0.25) is 0 Å². The molecule has 0 saturated carbocycles. The van der Waals surface area contributed by atoms with Gasteiger partial charge in [-0.2, -0.15) is 5.10 Å². The third-order valence-corrected chi connectivity index (χ3v) is 1.82. The summed E-state index contributed by atoms with van der Waals surface area (Å²) < 4.78 is 1.66. The highest BCUT2D eigenvalue weighted by Crippen LogP contribution is 2.16. The number of primary amides is 1. The third kappa shape index (κ3) is 0.990. The Hall–Kier alpha value is -1.65. The first-order chi connectivity index (χ1) is 5.77. The van der Waals surface area contributed by atoms with Gasteiger partial charge < -0.3 is 5.73 Å². The molecule has 2 heterocycles. The van der Waals surface area contributed by atoms with Gasteiger partial charge in [0.05, 0.1) is 18.7 Å². The molecule has 2 rings (SSSR count). The van der Waals surface area contributed by atoms with E-state index in [0.29, 0.717) is 6.54 Å². The maximum Gasteiger partial charge on any atom is 0.227 e. The van der Waals surface area contributed by atoms with Crippen molar-refractivity contribution in [1.82, 2.24) is 9.78 Å². The molecule has 62 valence electrons. The smallest absolute Gasteiger partial charge is 0.227 e. The van der Waals surface area contributed by atoms with E-state index < -0.39 is 0 Å². The van der Waals surface area contributed by atoms with Crippen molar-refractivity contribution in [3.63, 3.8) is 0 Å². The van der Waals surface area contributed by atoms with E-state index in [-0.39, 0.29) is 11.8 Å². The van der Waals surface area contributed by atoms with Crippen LogP contribution in [0.1, 0.15) is 0 Å². The Labute approximate surface area is 68.9 Å². The lowest BCUT2D eigenvalue weighted by Gasteiger charge is -2.13. The Morgan fingerprint density at radius 1 is 1.75 bits per heavy atom. The molecule has 1 aliphatic heterocycles. The summed E-state index contributed by atoms with van der Waals surface area (Å²) in [5, 5.41) is 3.98. The van der Waals surface area contributed by atoms with Gasteiger partial charge in [-0.1, -0.05) is 0 Å². The minimum atomic E-state index is -0.361. The summed E-state index contributed by atoms with van der Waals surface area (Å²) in [6.07, 6.45) is 3.22. The van der Waals surface area contributed by atoms with Crippen molar-refractivity contribution >= 4 is 17.9 Å². The van der Waals surface area contributed by atoms with Crippen LogP contribution < -0.4 is 5.73 Å². The molecule has 1 aromatic rings. The van der Waals surface area contributed by atoms with E-state index >= 15 is 0 Å². The minimum absolute atomic E-state index is 0.322. The van der Waals surface area contributed by atoms with Crippen molar-refractivity contribution in [2.75, 3.05) is 0 Å². The molecule has 2 N–H and O–H groups in total. The van der Waals surface area contributed by atoms with E-state index in [1.807, 2.05) is 0 Å². The van der Waals surface area contributed by atoms with Crippen molar-refractivity contribution in [2.24, 2.45) is 16.6 Å².